The van der Waals surface area contributed by atoms with Crippen LogP contribution in [0.4, 0.5) is 5.69 Å². The van der Waals surface area contributed by atoms with Gasteiger partial charge in [0.2, 0.25) is 0 Å². The van der Waals surface area contributed by atoms with Gasteiger partial charge >= 0.3 is 0 Å². The largest absolute Gasteiger partial charge is 0.493 e. The average Bonchev–Trinajstić information content (AvgIpc) is 2.39. The number of rotatable bonds is 3. The summed E-state index contributed by atoms with van der Waals surface area (Å²) in [6.07, 6.45) is 4.11. The van der Waals surface area contributed by atoms with Gasteiger partial charge in [0, 0.05) is 24.3 Å². The van der Waals surface area contributed by atoms with Gasteiger partial charge in [-0.15, -0.1) is 0 Å². The first kappa shape index (κ1) is 13.1. The average molecular weight is 249 g/mol. The number of nitrogens with one attached hydrogen (secondary N) is 1. The van der Waals surface area contributed by atoms with Crippen molar-refractivity contribution in [1.29, 1.82) is 0 Å². The molecule has 1 N–H and O–H groups in total. The normalized spacial score (nSPS) is 18.8. The Hall–Kier alpha value is -1.29. The van der Waals surface area contributed by atoms with Crippen LogP contribution >= 0.6 is 0 Å². The molecule has 0 aromatic carbocycles. The summed E-state index contributed by atoms with van der Waals surface area (Å²) in [5.41, 5.74) is 2.47. The van der Waals surface area contributed by atoms with Crippen molar-refractivity contribution in [3.05, 3.63) is 18.0 Å². The fraction of sp³-hybridized carbons (Fsp3) is 0.643. The van der Waals surface area contributed by atoms with Crippen molar-refractivity contribution < 1.29 is 4.74 Å². The molecule has 1 aromatic rings. The van der Waals surface area contributed by atoms with Crippen LogP contribution in [-0.4, -0.2) is 37.8 Å². The molecule has 0 radical (unpaired) electrons. The number of methoxy groups -OCH3 is 1. The smallest absolute Gasteiger partial charge is 0.160 e. The molecule has 2 rings (SSSR count). The van der Waals surface area contributed by atoms with Gasteiger partial charge in [-0.3, -0.25) is 4.98 Å². The van der Waals surface area contributed by atoms with E-state index in [1.165, 1.54) is 5.69 Å². The molecule has 1 aromatic heterocycles. The van der Waals surface area contributed by atoms with Crippen LogP contribution in [0.5, 0.6) is 5.75 Å². The number of anilines is 1. The molecule has 18 heavy (non-hydrogen) atoms. The number of pyridine rings is 1. The lowest BCUT2D eigenvalue weighted by Crippen LogP contribution is -2.50. The van der Waals surface area contributed by atoms with Crippen LogP contribution < -0.4 is 15.0 Å². The Bertz CT molecular complexity index is 412. The van der Waals surface area contributed by atoms with Gasteiger partial charge in [0.05, 0.1) is 19.0 Å². The van der Waals surface area contributed by atoms with Crippen molar-refractivity contribution in [2.45, 2.75) is 32.2 Å². The number of aromatic nitrogens is 1. The van der Waals surface area contributed by atoms with Crippen LogP contribution in [0.15, 0.2) is 12.3 Å². The second-order valence-corrected chi connectivity index (χ2v) is 5.30. The zero-order chi connectivity index (χ0) is 13.2. The van der Waals surface area contributed by atoms with E-state index in [0.29, 0.717) is 0 Å². The summed E-state index contributed by atoms with van der Waals surface area (Å²) in [5.74, 6) is 0.869. The number of piperidine rings is 1. The summed E-state index contributed by atoms with van der Waals surface area (Å²) >= 11 is 0. The van der Waals surface area contributed by atoms with E-state index in [1.807, 2.05) is 20.2 Å². The fourth-order valence-electron chi connectivity index (χ4n) is 2.43. The number of hydrogen-bond donors (Lipinski definition) is 1. The van der Waals surface area contributed by atoms with Crippen molar-refractivity contribution in [2.75, 3.05) is 32.1 Å². The molecule has 100 valence electrons. The summed E-state index contributed by atoms with van der Waals surface area (Å²) in [6, 6.07) is 2.11. The Morgan fingerprint density at radius 2 is 2.06 bits per heavy atom. The first-order valence-corrected chi connectivity index (χ1v) is 6.52. The fourth-order valence-corrected chi connectivity index (χ4v) is 2.43. The molecule has 4 nitrogen and oxygen atoms in total. The van der Waals surface area contributed by atoms with E-state index in [0.717, 1.165) is 37.4 Å². The van der Waals surface area contributed by atoms with Gasteiger partial charge in [-0.25, -0.2) is 0 Å². The second kappa shape index (κ2) is 5.14. The van der Waals surface area contributed by atoms with E-state index in [9.17, 15) is 0 Å². The quantitative estimate of drug-likeness (QED) is 0.889. The van der Waals surface area contributed by atoms with Gasteiger partial charge in [-0.05, 0) is 39.8 Å². The summed E-state index contributed by atoms with van der Waals surface area (Å²) in [4.78, 5) is 6.68. The Morgan fingerprint density at radius 3 is 2.61 bits per heavy atom. The van der Waals surface area contributed by atoms with Crippen LogP contribution in [0.1, 0.15) is 25.5 Å². The van der Waals surface area contributed by atoms with Gasteiger partial charge in [-0.2, -0.15) is 0 Å². The zero-order valence-corrected chi connectivity index (χ0v) is 11.8. The molecule has 0 atom stereocenters. The molecule has 0 saturated carbocycles. The number of nitrogens with zero attached hydrogens (tertiary/aromatic N) is 2. The van der Waals surface area contributed by atoms with E-state index >= 15 is 0 Å². The summed E-state index contributed by atoms with van der Waals surface area (Å²) < 4.78 is 5.41. The third kappa shape index (κ3) is 2.58. The lowest BCUT2D eigenvalue weighted by Gasteiger charge is -2.40. The molecule has 1 fully saturated rings. The molecule has 1 aliphatic rings. The molecule has 0 spiro atoms. The lowest BCUT2D eigenvalue weighted by molar-refractivity contribution is 0.303. The minimum absolute atomic E-state index is 0.270. The van der Waals surface area contributed by atoms with Gasteiger partial charge in [0.25, 0.3) is 0 Å². The first-order chi connectivity index (χ1) is 8.58. The SMILES string of the molecule is CNC1(C)CCN(c2cc(C)ncc2OC)CC1. The standard InChI is InChI=1S/C14H23N3O/c1-11-9-12(13(18-4)10-16-11)17-7-5-14(2,15-3)6-8-17/h9-10,15H,5-8H2,1-4H3. The highest BCUT2D eigenvalue weighted by atomic mass is 16.5. The van der Waals surface area contributed by atoms with Crippen molar-refractivity contribution in [2.24, 2.45) is 0 Å². The summed E-state index contributed by atoms with van der Waals surface area (Å²) in [6.45, 7) is 6.41. The minimum atomic E-state index is 0.270. The highest BCUT2D eigenvalue weighted by Crippen LogP contribution is 2.32. The number of ether oxygens (including phenoxy) is 1. The maximum absolute atomic E-state index is 5.41. The molecule has 1 aliphatic heterocycles. The van der Waals surface area contributed by atoms with E-state index in [4.69, 9.17) is 4.74 Å². The molecule has 2 heterocycles. The Labute approximate surface area is 109 Å². The van der Waals surface area contributed by atoms with Gasteiger partial charge in [0.15, 0.2) is 5.75 Å². The molecule has 1 saturated heterocycles. The topological polar surface area (TPSA) is 37.4 Å². The van der Waals surface area contributed by atoms with E-state index in [1.54, 1.807) is 7.11 Å². The third-order valence-electron chi connectivity index (χ3n) is 4.01. The van der Waals surface area contributed by atoms with Crippen molar-refractivity contribution in [3.8, 4) is 5.75 Å². The molecular weight excluding hydrogens is 226 g/mol. The van der Waals surface area contributed by atoms with Crippen LogP contribution in [-0.2, 0) is 0 Å². The predicted molar refractivity (Wildman–Crippen MR) is 74.4 cm³/mol. The summed E-state index contributed by atoms with van der Waals surface area (Å²) in [5, 5.41) is 3.42. The molecule has 0 amide bonds. The van der Waals surface area contributed by atoms with E-state index < -0.39 is 0 Å². The Kier molecular flexibility index (Phi) is 3.76. The van der Waals surface area contributed by atoms with Gasteiger partial charge in [-0.1, -0.05) is 0 Å². The third-order valence-corrected chi connectivity index (χ3v) is 4.01. The number of hydrogen-bond acceptors (Lipinski definition) is 4. The van der Waals surface area contributed by atoms with E-state index in [-0.39, 0.29) is 5.54 Å². The number of aryl methyl sites for hydroxylation is 1. The first-order valence-electron chi connectivity index (χ1n) is 6.52. The van der Waals surface area contributed by atoms with Crippen molar-refractivity contribution in [1.82, 2.24) is 10.3 Å². The highest BCUT2D eigenvalue weighted by molar-refractivity contribution is 5.58. The van der Waals surface area contributed by atoms with Crippen molar-refractivity contribution >= 4 is 5.69 Å². The predicted octanol–water partition coefficient (Wildman–Crippen LogP) is 1.98. The second-order valence-electron chi connectivity index (χ2n) is 5.30. The zero-order valence-electron chi connectivity index (χ0n) is 11.8. The van der Waals surface area contributed by atoms with Crippen LogP contribution in [0.3, 0.4) is 0 Å². The molecule has 0 aliphatic carbocycles. The van der Waals surface area contributed by atoms with Crippen molar-refractivity contribution in [3.63, 3.8) is 0 Å². The molecule has 0 unspecified atom stereocenters. The maximum atomic E-state index is 5.41. The molecule has 4 heteroatoms. The highest BCUT2D eigenvalue weighted by Gasteiger charge is 2.29. The lowest BCUT2D eigenvalue weighted by atomic mass is 9.89. The van der Waals surface area contributed by atoms with Gasteiger partial charge < -0.3 is 15.0 Å². The minimum Gasteiger partial charge on any atom is -0.493 e. The maximum Gasteiger partial charge on any atom is 0.160 e. The van der Waals surface area contributed by atoms with Gasteiger partial charge in [0.1, 0.15) is 0 Å². The van der Waals surface area contributed by atoms with E-state index in [2.05, 4.69) is 28.2 Å². The molecule has 0 bridgehead atoms. The monoisotopic (exact) mass is 249 g/mol. The van der Waals surface area contributed by atoms with Crippen LogP contribution in [0.25, 0.3) is 0 Å². The summed E-state index contributed by atoms with van der Waals surface area (Å²) in [7, 11) is 3.75. The van der Waals surface area contributed by atoms with Crippen LogP contribution in [0.2, 0.25) is 0 Å². The Morgan fingerprint density at radius 1 is 1.39 bits per heavy atom. The van der Waals surface area contributed by atoms with Crippen LogP contribution in [0, 0.1) is 6.92 Å². The molecular formula is C14H23N3O. The Balaban J connectivity index is 2.16.